The monoisotopic (exact) mass is 444 g/mol. The summed E-state index contributed by atoms with van der Waals surface area (Å²) < 4.78 is 10.2. The van der Waals surface area contributed by atoms with Crippen molar-refractivity contribution in [2.24, 2.45) is 0 Å². The molecule has 1 aliphatic rings. The minimum absolute atomic E-state index is 0.0860. The molecule has 2 rings (SSSR count). The highest BCUT2D eigenvalue weighted by Gasteiger charge is 2.36. The van der Waals surface area contributed by atoms with Crippen LogP contribution in [0, 0.1) is 0 Å². The average molecular weight is 445 g/mol. The SMILES string of the molecule is CCCC(=O)OC/C(C)=C1/CN(C(=O)CCCCCNC(=O)OCc2ccccc2)C1=O. The number of likely N-dealkylation sites (tertiary alicyclic amines) is 1. The van der Waals surface area contributed by atoms with E-state index >= 15 is 0 Å². The highest BCUT2D eigenvalue weighted by molar-refractivity contribution is 6.11. The number of nitrogens with zero attached hydrogens (tertiary/aromatic N) is 1. The Morgan fingerprint density at radius 1 is 1.03 bits per heavy atom. The molecule has 8 heteroatoms. The van der Waals surface area contributed by atoms with Gasteiger partial charge in [0.2, 0.25) is 5.91 Å². The van der Waals surface area contributed by atoms with Gasteiger partial charge in [-0.3, -0.25) is 19.3 Å². The zero-order chi connectivity index (χ0) is 23.3. The van der Waals surface area contributed by atoms with E-state index in [0.29, 0.717) is 37.0 Å². The van der Waals surface area contributed by atoms with E-state index in [1.165, 1.54) is 4.90 Å². The van der Waals surface area contributed by atoms with Crippen LogP contribution in [0.1, 0.15) is 57.9 Å². The van der Waals surface area contributed by atoms with Crippen molar-refractivity contribution in [3.05, 3.63) is 47.0 Å². The first-order chi connectivity index (χ1) is 15.4. The topological polar surface area (TPSA) is 102 Å². The second-order valence-electron chi connectivity index (χ2n) is 7.75. The summed E-state index contributed by atoms with van der Waals surface area (Å²) >= 11 is 0. The standard InChI is InChI=1S/C24H32N2O6/c1-3-10-22(28)31-16-18(2)20-15-26(23(20)29)21(27)13-8-5-9-14-25-24(30)32-17-19-11-6-4-7-12-19/h4,6-7,11-12H,3,5,8-10,13-17H2,1-2H3,(H,25,30)/b20-18-. The molecule has 1 aromatic rings. The second-order valence-corrected chi connectivity index (χ2v) is 7.75. The fourth-order valence-electron chi connectivity index (χ4n) is 3.12. The molecule has 1 N–H and O–H groups in total. The number of hydrogen-bond acceptors (Lipinski definition) is 6. The number of esters is 1. The first-order valence-corrected chi connectivity index (χ1v) is 11.1. The van der Waals surface area contributed by atoms with Crippen LogP contribution in [0.25, 0.3) is 0 Å². The number of benzene rings is 1. The normalized spacial score (nSPS) is 14.4. The molecule has 1 heterocycles. The zero-order valence-electron chi connectivity index (χ0n) is 18.9. The lowest BCUT2D eigenvalue weighted by molar-refractivity contribution is -0.148. The lowest BCUT2D eigenvalue weighted by Crippen LogP contribution is -2.50. The summed E-state index contributed by atoms with van der Waals surface area (Å²) in [4.78, 5) is 48.8. The number of imide groups is 1. The van der Waals surface area contributed by atoms with E-state index in [1.54, 1.807) is 6.92 Å². The van der Waals surface area contributed by atoms with Gasteiger partial charge in [-0.1, -0.05) is 43.7 Å². The van der Waals surface area contributed by atoms with Crippen molar-refractivity contribution in [1.82, 2.24) is 10.2 Å². The lowest BCUT2D eigenvalue weighted by atomic mass is 10.00. The zero-order valence-corrected chi connectivity index (χ0v) is 18.9. The van der Waals surface area contributed by atoms with Gasteiger partial charge < -0.3 is 14.8 Å². The number of unbranched alkanes of at least 4 members (excludes halogenated alkanes) is 2. The number of hydrogen-bond donors (Lipinski definition) is 1. The largest absolute Gasteiger partial charge is 0.461 e. The molecule has 0 spiro atoms. The van der Waals surface area contributed by atoms with Gasteiger partial charge in [0.15, 0.2) is 0 Å². The summed E-state index contributed by atoms with van der Waals surface area (Å²) in [5, 5.41) is 2.69. The summed E-state index contributed by atoms with van der Waals surface area (Å²) in [7, 11) is 0. The van der Waals surface area contributed by atoms with Gasteiger partial charge in [-0.05, 0) is 37.3 Å². The number of rotatable bonds is 12. The smallest absolute Gasteiger partial charge is 0.407 e. The Balaban J connectivity index is 1.55. The van der Waals surface area contributed by atoms with Gasteiger partial charge in [0, 0.05) is 25.0 Å². The van der Waals surface area contributed by atoms with E-state index in [9.17, 15) is 19.2 Å². The number of ether oxygens (including phenoxy) is 2. The Labute approximate surface area is 188 Å². The molecule has 0 bridgehead atoms. The van der Waals surface area contributed by atoms with Crippen LogP contribution in [0.3, 0.4) is 0 Å². The summed E-state index contributed by atoms with van der Waals surface area (Å²) in [5.41, 5.74) is 2.15. The Hall–Kier alpha value is -3.16. The van der Waals surface area contributed by atoms with Gasteiger partial charge in [-0.25, -0.2) is 4.79 Å². The Kier molecular flexibility index (Phi) is 10.4. The molecular formula is C24H32N2O6. The van der Waals surface area contributed by atoms with E-state index in [0.717, 1.165) is 18.4 Å². The summed E-state index contributed by atoms with van der Waals surface area (Å²) in [5.74, 6) is -0.794. The van der Waals surface area contributed by atoms with Crippen LogP contribution in [0.5, 0.6) is 0 Å². The number of β-lactam (4-membered cyclic amide) rings is 1. The average Bonchev–Trinajstić information content (AvgIpc) is 2.78. The van der Waals surface area contributed by atoms with Crippen molar-refractivity contribution in [3.63, 3.8) is 0 Å². The molecule has 174 valence electrons. The number of amides is 3. The first-order valence-electron chi connectivity index (χ1n) is 11.1. The fraction of sp³-hybridized carbons (Fsp3) is 0.500. The summed E-state index contributed by atoms with van der Waals surface area (Å²) in [6.07, 6.45) is 2.98. The minimum Gasteiger partial charge on any atom is -0.461 e. The van der Waals surface area contributed by atoms with Crippen LogP contribution in [0.15, 0.2) is 41.5 Å². The minimum atomic E-state index is -0.467. The quantitative estimate of drug-likeness (QED) is 0.229. The maximum absolute atomic E-state index is 12.2. The second kappa shape index (κ2) is 13.3. The van der Waals surface area contributed by atoms with Gasteiger partial charge in [0.1, 0.15) is 13.2 Å². The van der Waals surface area contributed by atoms with E-state index in [2.05, 4.69) is 5.32 Å². The summed E-state index contributed by atoms with van der Waals surface area (Å²) in [6.45, 7) is 4.68. The van der Waals surface area contributed by atoms with E-state index in [1.807, 2.05) is 37.3 Å². The number of nitrogens with one attached hydrogen (secondary N) is 1. The molecule has 0 aromatic heterocycles. The van der Waals surface area contributed by atoms with Crippen molar-refractivity contribution in [1.29, 1.82) is 0 Å². The number of alkyl carbamates (subject to hydrolysis) is 1. The molecule has 0 aliphatic carbocycles. The Bertz CT molecular complexity index is 834. The molecule has 0 radical (unpaired) electrons. The third kappa shape index (κ3) is 8.17. The van der Waals surface area contributed by atoms with Gasteiger partial charge >= 0.3 is 12.1 Å². The van der Waals surface area contributed by atoms with E-state index in [4.69, 9.17) is 9.47 Å². The van der Waals surface area contributed by atoms with Gasteiger partial charge in [-0.15, -0.1) is 0 Å². The molecule has 1 saturated heterocycles. The molecule has 0 atom stereocenters. The predicted octanol–water partition coefficient (Wildman–Crippen LogP) is 3.50. The molecule has 0 saturated carbocycles. The molecule has 8 nitrogen and oxygen atoms in total. The van der Waals surface area contributed by atoms with Crippen molar-refractivity contribution in [2.45, 2.75) is 59.0 Å². The van der Waals surface area contributed by atoms with Crippen LogP contribution < -0.4 is 5.32 Å². The van der Waals surface area contributed by atoms with E-state index in [-0.39, 0.29) is 44.0 Å². The Morgan fingerprint density at radius 2 is 1.78 bits per heavy atom. The van der Waals surface area contributed by atoms with Gasteiger partial charge in [0.25, 0.3) is 5.91 Å². The third-order valence-electron chi connectivity index (χ3n) is 5.09. The first kappa shape index (κ1) is 25.1. The molecule has 1 aromatic carbocycles. The molecule has 32 heavy (non-hydrogen) atoms. The third-order valence-corrected chi connectivity index (χ3v) is 5.09. The van der Waals surface area contributed by atoms with Gasteiger partial charge in [-0.2, -0.15) is 0 Å². The van der Waals surface area contributed by atoms with Crippen LogP contribution >= 0.6 is 0 Å². The van der Waals surface area contributed by atoms with Crippen LogP contribution in [0.2, 0.25) is 0 Å². The highest BCUT2D eigenvalue weighted by Crippen LogP contribution is 2.22. The predicted molar refractivity (Wildman–Crippen MR) is 118 cm³/mol. The molecular weight excluding hydrogens is 412 g/mol. The van der Waals surface area contributed by atoms with Crippen LogP contribution in [-0.2, 0) is 30.5 Å². The number of carbonyl (C=O) groups is 4. The molecule has 0 unspecified atom stereocenters. The summed E-state index contributed by atoms with van der Waals surface area (Å²) in [6, 6.07) is 9.44. The molecule has 1 aliphatic heterocycles. The molecule has 3 amide bonds. The maximum atomic E-state index is 12.2. The Morgan fingerprint density at radius 3 is 2.47 bits per heavy atom. The lowest BCUT2D eigenvalue weighted by Gasteiger charge is -2.33. The van der Waals surface area contributed by atoms with Crippen molar-refractivity contribution < 1.29 is 28.7 Å². The van der Waals surface area contributed by atoms with Crippen molar-refractivity contribution >= 4 is 23.9 Å². The van der Waals surface area contributed by atoms with Gasteiger partial charge in [0.05, 0.1) is 6.54 Å². The number of carbonyl (C=O) groups excluding carboxylic acids is 4. The molecule has 1 fully saturated rings. The van der Waals surface area contributed by atoms with E-state index < -0.39 is 6.09 Å². The maximum Gasteiger partial charge on any atom is 0.407 e. The van der Waals surface area contributed by atoms with Crippen molar-refractivity contribution in [2.75, 3.05) is 19.7 Å². The van der Waals surface area contributed by atoms with Crippen molar-refractivity contribution in [3.8, 4) is 0 Å². The van der Waals surface area contributed by atoms with Crippen LogP contribution in [0.4, 0.5) is 4.79 Å². The van der Waals surface area contributed by atoms with Crippen LogP contribution in [-0.4, -0.2) is 48.5 Å². The highest BCUT2D eigenvalue weighted by atomic mass is 16.5. The fourth-order valence-corrected chi connectivity index (χ4v) is 3.12.